The molecular weight excluding hydrogens is 318 g/mol. The summed E-state index contributed by atoms with van der Waals surface area (Å²) >= 11 is 1.71. The molecule has 0 saturated carbocycles. The molecule has 0 aliphatic heterocycles. The van der Waals surface area contributed by atoms with Gasteiger partial charge >= 0.3 is 0 Å². The number of aliphatic hydroxyl groups excluding tert-OH is 1. The molecule has 0 radical (unpaired) electrons. The lowest BCUT2D eigenvalue weighted by Gasteiger charge is -2.09. The van der Waals surface area contributed by atoms with Gasteiger partial charge in [-0.3, -0.25) is 4.68 Å². The molecule has 1 unspecified atom stereocenters. The number of nitrogens with one attached hydrogen (secondary N) is 1. The zero-order valence-corrected chi connectivity index (χ0v) is 14.7. The van der Waals surface area contributed by atoms with E-state index in [-0.39, 0.29) is 12.5 Å². The van der Waals surface area contributed by atoms with Crippen molar-refractivity contribution in [3.63, 3.8) is 0 Å². The lowest BCUT2D eigenvalue weighted by atomic mass is 10.2. The minimum absolute atomic E-state index is 0.206. The number of thiophene rings is 1. The fourth-order valence-corrected chi connectivity index (χ4v) is 3.33. The van der Waals surface area contributed by atoms with Gasteiger partial charge in [0.25, 0.3) is 0 Å². The first-order chi connectivity index (χ1) is 11.8. The van der Waals surface area contributed by atoms with E-state index in [4.69, 9.17) is 10.2 Å². The van der Waals surface area contributed by atoms with Crippen LogP contribution < -0.4 is 5.32 Å². The Bertz CT molecular complexity index is 737. The van der Waals surface area contributed by atoms with Crippen molar-refractivity contribution in [3.8, 4) is 10.6 Å². The van der Waals surface area contributed by atoms with Crippen LogP contribution in [0.3, 0.4) is 0 Å². The quantitative estimate of drug-likeness (QED) is 0.660. The molecule has 3 aromatic rings. The Kier molecular flexibility index (Phi) is 5.80. The molecule has 0 amide bonds. The highest BCUT2D eigenvalue weighted by Crippen LogP contribution is 2.27. The molecular formula is C19H23N3OS. The van der Waals surface area contributed by atoms with Gasteiger partial charge in [-0.05, 0) is 22.9 Å². The number of nitrogens with zero attached hydrogens (tertiary/aromatic N) is 2. The smallest absolute Gasteiger partial charge is 0.107 e. The zero-order valence-electron chi connectivity index (χ0n) is 13.9. The summed E-state index contributed by atoms with van der Waals surface area (Å²) in [6, 6.07) is 14.5. The van der Waals surface area contributed by atoms with Gasteiger partial charge in [0.1, 0.15) is 5.69 Å². The van der Waals surface area contributed by atoms with Gasteiger partial charge in [0.05, 0.1) is 11.4 Å². The largest absolute Gasteiger partial charge is 0.396 e. The summed E-state index contributed by atoms with van der Waals surface area (Å²) in [6.45, 7) is 4.56. The molecule has 126 valence electrons. The molecule has 3 rings (SSSR count). The third kappa shape index (κ3) is 4.32. The lowest BCUT2D eigenvalue weighted by Crippen LogP contribution is -2.22. The average molecular weight is 341 g/mol. The second kappa shape index (κ2) is 8.24. The molecule has 0 aliphatic carbocycles. The van der Waals surface area contributed by atoms with Crippen molar-refractivity contribution in [2.45, 2.75) is 20.0 Å². The number of hydrogen-bond acceptors (Lipinski definition) is 4. The number of benzene rings is 1. The number of hydrogen-bond donors (Lipinski definition) is 2. The Labute approximate surface area is 146 Å². The average Bonchev–Trinajstić information content (AvgIpc) is 3.25. The maximum atomic E-state index is 9.15. The molecule has 1 atom stereocenters. The third-order valence-electron chi connectivity index (χ3n) is 3.90. The predicted octanol–water partition coefficient (Wildman–Crippen LogP) is 3.38. The molecule has 24 heavy (non-hydrogen) atoms. The first kappa shape index (κ1) is 16.9. The van der Waals surface area contributed by atoms with E-state index in [2.05, 4.69) is 53.3 Å². The normalized spacial score (nSPS) is 12.4. The van der Waals surface area contributed by atoms with Gasteiger partial charge in [0, 0.05) is 31.5 Å². The van der Waals surface area contributed by atoms with Gasteiger partial charge in [-0.2, -0.15) is 5.10 Å². The highest BCUT2D eigenvalue weighted by molar-refractivity contribution is 7.13. The van der Waals surface area contributed by atoms with Crippen LogP contribution in [0, 0.1) is 5.92 Å². The van der Waals surface area contributed by atoms with Crippen LogP contribution in [0.5, 0.6) is 0 Å². The van der Waals surface area contributed by atoms with Crippen molar-refractivity contribution in [2.75, 3.05) is 13.2 Å². The molecule has 1 aromatic carbocycles. The zero-order chi connectivity index (χ0) is 16.8. The molecule has 0 fully saturated rings. The lowest BCUT2D eigenvalue weighted by molar-refractivity contribution is 0.233. The van der Waals surface area contributed by atoms with Crippen molar-refractivity contribution < 1.29 is 5.11 Å². The van der Waals surface area contributed by atoms with Crippen LogP contribution in [0.25, 0.3) is 10.6 Å². The summed E-state index contributed by atoms with van der Waals surface area (Å²) < 4.78 is 2.01. The van der Waals surface area contributed by atoms with E-state index in [1.165, 1.54) is 16.0 Å². The maximum absolute atomic E-state index is 9.15. The van der Waals surface area contributed by atoms with Crippen molar-refractivity contribution in [3.05, 3.63) is 65.2 Å². The van der Waals surface area contributed by atoms with Crippen LogP contribution in [-0.2, 0) is 13.1 Å². The van der Waals surface area contributed by atoms with E-state index in [9.17, 15) is 0 Å². The summed E-state index contributed by atoms with van der Waals surface area (Å²) in [5.74, 6) is 0.259. The van der Waals surface area contributed by atoms with Gasteiger partial charge in [-0.1, -0.05) is 43.3 Å². The molecule has 0 saturated heterocycles. The first-order valence-electron chi connectivity index (χ1n) is 8.22. The summed E-state index contributed by atoms with van der Waals surface area (Å²) in [4.78, 5) is 1.19. The minimum Gasteiger partial charge on any atom is -0.396 e. The van der Waals surface area contributed by atoms with Crippen molar-refractivity contribution in [2.24, 2.45) is 5.92 Å². The Morgan fingerprint density at radius 2 is 2.04 bits per heavy atom. The fraction of sp³-hybridized carbons (Fsp3) is 0.316. The van der Waals surface area contributed by atoms with Gasteiger partial charge in [-0.15, -0.1) is 11.3 Å². The summed E-state index contributed by atoms with van der Waals surface area (Å²) in [7, 11) is 0. The molecule has 0 bridgehead atoms. The van der Waals surface area contributed by atoms with Crippen LogP contribution in [0.15, 0.2) is 54.0 Å². The number of aliphatic hydroxyl groups is 1. The van der Waals surface area contributed by atoms with E-state index in [1.54, 1.807) is 11.3 Å². The highest BCUT2D eigenvalue weighted by Gasteiger charge is 2.12. The Hall–Kier alpha value is -1.95. The van der Waals surface area contributed by atoms with E-state index in [0.717, 1.165) is 25.3 Å². The highest BCUT2D eigenvalue weighted by atomic mass is 32.1. The van der Waals surface area contributed by atoms with Gasteiger partial charge in [0.2, 0.25) is 0 Å². The second-order valence-electron chi connectivity index (χ2n) is 6.08. The van der Waals surface area contributed by atoms with E-state index in [1.807, 2.05) is 17.7 Å². The number of rotatable bonds is 8. The SMILES string of the molecule is CC(CO)CNCc1cn(Cc2ccccc2)nc1-c1cccs1. The summed E-state index contributed by atoms with van der Waals surface area (Å²) in [5.41, 5.74) is 3.48. The fourth-order valence-electron chi connectivity index (χ4n) is 2.58. The summed E-state index contributed by atoms with van der Waals surface area (Å²) in [5, 5.41) is 19.5. The van der Waals surface area contributed by atoms with Crippen LogP contribution >= 0.6 is 11.3 Å². The van der Waals surface area contributed by atoms with Crippen LogP contribution in [0.4, 0.5) is 0 Å². The molecule has 2 aromatic heterocycles. The molecule has 2 N–H and O–H groups in total. The number of aromatic nitrogens is 2. The van der Waals surface area contributed by atoms with E-state index in [0.29, 0.717) is 0 Å². The van der Waals surface area contributed by atoms with Crippen LogP contribution in [0.2, 0.25) is 0 Å². The van der Waals surface area contributed by atoms with E-state index < -0.39 is 0 Å². The summed E-state index contributed by atoms with van der Waals surface area (Å²) in [6.07, 6.45) is 2.12. The predicted molar refractivity (Wildman–Crippen MR) is 99.0 cm³/mol. The van der Waals surface area contributed by atoms with E-state index >= 15 is 0 Å². The Balaban J connectivity index is 1.77. The van der Waals surface area contributed by atoms with Crippen molar-refractivity contribution >= 4 is 11.3 Å². The molecule has 5 heteroatoms. The standard InChI is InChI=1S/C19H23N3OS/c1-15(14-23)10-20-11-17-13-22(12-16-6-3-2-4-7-16)21-19(17)18-8-5-9-24-18/h2-9,13,15,20,23H,10-12,14H2,1H3. The molecule has 0 aliphatic rings. The molecule has 4 nitrogen and oxygen atoms in total. The Morgan fingerprint density at radius 3 is 2.75 bits per heavy atom. The third-order valence-corrected chi connectivity index (χ3v) is 4.78. The first-order valence-corrected chi connectivity index (χ1v) is 9.10. The van der Waals surface area contributed by atoms with Crippen LogP contribution in [-0.4, -0.2) is 28.0 Å². The van der Waals surface area contributed by atoms with Gasteiger partial charge in [-0.25, -0.2) is 0 Å². The van der Waals surface area contributed by atoms with Crippen molar-refractivity contribution in [1.82, 2.24) is 15.1 Å². The van der Waals surface area contributed by atoms with Gasteiger partial charge in [0.15, 0.2) is 0 Å². The monoisotopic (exact) mass is 341 g/mol. The van der Waals surface area contributed by atoms with Gasteiger partial charge < -0.3 is 10.4 Å². The minimum atomic E-state index is 0.206. The second-order valence-corrected chi connectivity index (χ2v) is 7.03. The molecule has 2 heterocycles. The maximum Gasteiger partial charge on any atom is 0.107 e. The topological polar surface area (TPSA) is 50.1 Å². The van der Waals surface area contributed by atoms with Crippen LogP contribution in [0.1, 0.15) is 18.1 Å². The Morgan fingerprint density at radius 1 is 1.21 bits per heavy atom. The molecule has 0 spiro atoms. The van der Waals surface area contributed by atoms with Crippen molar-refractivity contribution in [1.29, 1.82) is 0 Å².